The number of benzene rings is 1. The van der Waals surface area contributed by atoms with Gasteiger partial charge in [0.2, 0.25) is 0 Å². The highest BCUT2D eigenvalue weighted by Gasteiger charge is 2.17. The number of carboxylic acids is 1. The molecule has 0 spiro atoms. The summed E-state index contributed by atoms with van der Waals surface area (Å²) >= 11 is 11.7. The number of aromatic carboxylic acids is 1. The molecule has 106 valence electrons. The second kappa shape index (κ2) is 6.44. The van der Waals surface area contributed by atoms with Crippen LogP contribution in [0.15, 0.2) is 30.5 Å². The zero-order chi connectivity index (χ0) is 15.4. The van der Waals surface area contributed by atoms with E-state index < -0.39 is 5.97 Å². The third-order valence-corrected chi connectivity index (χ3v) is 3.11. The van der Waals surface area contributed by atoms with Crippen molar-refractivity contribution >= 4 is 29.2 Å². The summed E-state index contributed by atoms with van der Waals surface area (Å²) in [4.78, 5) is 15.1. The number of rotatable bonds is 4. The Balaban J connectivity index is 2.32. The molecule has 0 aliphatic carbocycles. The molecule has 1 aromatic heterocycles. The second-order valence-electron chi connectivity index (χ2n) is 3.98. The van der Waals surface area contributed by atoms with Gasteiger partial charge in [-0.2, -0.15) is 5.26 Å². The number of halogens is 2. The predicted molar refractivity (Wildman–Crippen MR) is 76.7 cm³/mol. The van der Waals surface area contributed by atoms with E-state index in [2.05, 4.69) is 4.98 Å². The van der Waals surface area contributed by atoms with Gasteiger partial charge < -0.3 is 9.84 Å². The van der Waals surface area contributed by atoms with E-state index in [4.69, 9.17) is 38.3 Å². The first-order valence-electron chi connectivity index (χ1n) is 5.72. The fourth-order valence-corrected chi connectivity index (χ4v) is 2.22. The molecule has 0 atom stereocenters. The average molecular weight is 323 g/mol. The fourth-order valence-electron chi connectivity index (χ4n) is 1.67. The Labute approximate surface area is 130 Å². The molecular weight excluding hydrogens is 315 g/mol. The van der Waals surface area contributed by atoms with Crippen molar-refractivity contribution in [3.8, 4) is 11.8 Å². The number of carbonyl (C=O) groups is 1. The van der Waals surface area contributed by atoms with Crippen molar-refractivity contribution in [3.63, 3.8) is 0 Å². The Morgan fingerprint density at radius 2 is 2.19 bits per heavy atom. The predicted octanol–water partition coefficient (Wildman–Crippen LogP) is 3.54. The smallest absolute Gasteiger partial charge is 0.339 e. The van der Waals surface area contributed by atoms with Crippen LogP contribution in [0.2, 0.25) is 10.0 Å². The van der Waals surface area contributed by atoms with Crippen LogP contribution < -0.4 is 4.74 Å². The molecule has 0 aliphatic rings. The Hall–Kier alpha value is -2.29. The van der Waals surface area contributed by atoms with Crippen molar-refractivity contribution in [2.24, 2.45) is 0 Å². The van der Waals surface area contributed by atoms with Gasteiger partial charge in [0.1, 0.15) is 23.9 Å². The van der Waals surface area contributed by atoms with Crippen molar-refractivity contribution in [2.45, 2.75) is 6.61 Å². The maximum absolute atomic E-state index is 11.2. The zero-order valence-electron chi connectivity index (χ0n) is 10.5. The lowest BCUT2D eigenvalue weighted by Gasteiger charge is -2.12. The minimum atomic E-state index is -1.21. The van der Waals surface area contributed by atoms with Crippen molar-refractivity contribution in [3.05, 3.63) is 57.3 Å². The number of carboxylic acid groups (broad SMARTS) is 1. The van der Waals surface area contributed by atoms with Crippen LogP contribution in [-0.4, -0.2) is 16.1 Å². The number of nitriles is 1. The molecule has 0 radical (unpaired) electrons. The molecule has 0 saturated heterocycles. The molecule has 2 rings (SSSR count). The molecule has 1 aromatic carbocycles. The monoisotopic (exact) mass is 322 g/mol. The van der Waals surface area contributed by atoms with E-state index in [9.17, 15) is 4.79 Å². The molecule has 0 saturated carbocycles. The van der Waals surface area contributed by atoms with Gasteiger partial charge in [-0.15, -0.1) is 0 Å². The van der Waals surface area contributed by atoms with Crippen molar-refractivity contribution in [2.75, 3.05) is 0 Å². The molecule has 1 heterocycles. The molecule has 2 aromatic rings. The average Bonchev–Trinajstić information content (AvgIpc) is 2.45. The number of hydrogen-bond acceptors (Lipinski definition) is 4. The molecule has 0 amide bonds. The van der Waals surface area contributed by atoms with E-state index >= 15 is 0 Å². The Morgan fingerprint density at radius 3 is 2.86 bits per heavy atom. The van der Waals surface area contributed by atoms with Crippen LogP contribution in [0.1, 0.15) is 21.6 Å². The molecule has 7 heteroatoms. The van der Waals surface area contributed by atoms with Gasteiger partial charge >= 0.3 is 5.97 Å². The minimum Gasteiger partial charge on any atom is -0.486 e. The fraction of sp³-hybridized carbons (Fsp3) is 0.0714. The van der Waals surface area contributed by atoms with Crippen LogP contribution in [-0.2, 0) is 6.61 Å². The maximum atomic E-state index is 11.2. The number of pyridine rings is 1. The highest BCUT2D eigenvalue weighted by molar-refractivity contribution is 6.36. The van der Waals surface area contributed by atoms with E-state index in [1.807, 2.05) is 6.07 Å². The Bertz CT molecular complexity index is 741. The summed E-state index contributed by atoms with van der Waals surface area (Å²) in [7, 11) is 0. The molecule has 1 N–H and O–H groups in total. The van der Waals surface area contributed by atoms with Crippen molar-refractivity contribution in [1.29, 1.82) is 5.26 Å². The molecule has 5 nitrogen and oxygen atoms in total. The molecular formula is C14H8Cl2N2O3. The summed E-state index contributed by atoms with van der Waals surface area (Å²) in [6.07, 6.45) is 1.49. The number of nitrogens with zero attached hydrogens (tertiary/aromatic N) is 2. The lowest BCUT2D eigenvalue weighted by Crippen LogP contribution is -2.05. The summed E-state index contributed by atoms with van der Waals surface area (Å²) < 4.78 is 5.45. The zero-order valence-corrected chi connectivity index (χ0v) is 12.0. The van der Waals surface area contributed by atoms with E-state index in [0.717, 1.165) is 0 Å². The molecule has 0 fully saturated rings. The van der Waals surface area contributed by atoms with Gasteiger partial charge in [-0.3, -0.25) is 0 Å². The lowest BCUT2D eigenvalue weighted by atomic mass is 10.2. The summed E-state index contributed by atoms with van der Waals surface area (Å²) in [5.41, 5.74) is 0.594. The molecule has 21 heavy (non-hydrogen) atoms. The van der Waals surface area contributed by atoms with Gasteiger partial charge in [-0.05, 0) is 18.2 Å². The number of hydrogen-bond donors (Lipinski definition) is 1. The summed E-state index contributed by atoms with van der Waals surface area (Å²) in [6.45, 7) is -0.0294. The normalized spacial score (nSPS) is 9.95. The highest BCUT2D eigenvalue weighted by atomic mass is 35.5. The summed E-state index contributed by atoms with van der Waals surface area (Å²) in [5.74, 6) is -1.21. The molecule has 0 unspecified atom stereocenters. The number of aromatic nitrogens is 1. The maximum Gasteiger partial charge on any atom is 0.339 e. The second-order valence-corrected chi connectivity index (χ2v) is 4.82. The SMILES string of the molecule is N#Cc1ncccc1COc1c(Cl)cc(Cl)cc1C(=O)O. The van der Waals surface area contributed by atoms with E-state index in [1.165, 1.54) is 18.3 Å². The number of ether oxygens (including phenoxy) is 1. The standard InChI is InChI=1S/C14H8Cl2N2O3/c15-9-4-10(14(19)20)13(11(16)5-9)21-7-8-2-1-3-18-12(8)6-17/h1-5H,7H2,(H,19,20). The van der Waals surface area contributed by atoms with Crippen LogP contribution in [0.4, 0.5) is 0 Å². The molecule has 0 bridgehead atoms. The van der Waals surface area contributed by atoms with E-state index in [1.54, 1.807) is 12.1 Å². The van der Waals surface area contributed by atoms with E-state index in [0.29, 0.717) is 5.56 Å². The quantitative estimate of drug-likeness (QED) is 0.930. The highest BCUT2D eigenvalue weighted by Crippen LogP contribution is 2.33. The summed E-state index contributed by atoms with van der Waals surface area (Å²) in [6, 6.07) is 7.89. The van der Waals surface area contributed by atoms with Gasteiger partial charge in [0, 0.05) is 16.8 Å². The Kier molecular flexibility index (Phi) is 4.63. The third kappa shape index (κ3) is 3.43. The summed E-state index contributed by atoms with van der Waals surface area (Å²) in [5, 5.41) is 18.4. The van der Waals surface area contributed by atoms with Gasteiger partial charge in [-0.1, -0.05) is 29.3 Å². The van der Waals surface area contributed by atoms with Crippen LogP contribution >= 0.6 is 23.2 Å². The lowest BCUT2D eigenvalue weighted by molar-refractivity contribution is 0.0691. The first-order valence-corrected chi connectivity index (χ1v) is 6.47. The Morgan fingerprint density at radius 1 is 1.43 bits per heavy atom. The third-order valence-electron chi connectivity index (χ3n) is 2.61. The first-order chi connectivity index (χ1) is 10.0. The van der Waals surface area contributed by atoms with Crippen molar-refractivity contribution in [1.82, 2.24) is 4.98 Å². The van der Waals surface area contributed by atoms with E-state index in [-0.39, 0.29) is 33.7 Å². The first kappa shape index (κ1) is 15.1. The van der Waals surface area contributed by atoms with Crippen LogP contribution in [0.3, 0.4) is 0 Å². The van der Waals surface area contributed by atoms with Gasteiger partial charge in [0.15, 0.2) is 5.75 Å². The van der Waals surface area contributed by atoms with Crippen LogP contribution in [0, 0.1) is 11.3 Å². The largest absolute Gasteiger partial charge is 0.486 e. The van der Waals surface area contributed by atoms with Crippen molar-refractivity contribution < 1.29 is 14.6 Å². The minimum absolute atomic E-state index is 0.00121. The van der Waals surface area contributed by atoms with Gasteiger partial charge in [-0.25, -0.2) is 9.78 Å². The topological polar surface area (TPSA) is 83.2 Å². The van der Waals surface area contributed by atoms with Gasteiger partial charge in [0.05, 0.1) is 5.02 Å². The molecule has 0 aliphatic heterocycles. The van der Waals surface area contributed by atoms with Crippen LogP contribution in [0.25, 0.3) is 0 Å². The van der Waals surface area contributed by atoms with Gasteiger partial charge in [0.25, 0.3) is 0 Å². The van der Waals surface area contributed by atoms with Crippen LogP contribution in [0.5, 0.6) is 5.75 Å².